The Labute approximate surface area is 203 Å². The molecule has 33 heavy (non-hydrogen) atoms. The van der Waals surface area contributed by atoms with Crippen molar-refractivity contribution in [3.8, 4) is 0 Å². The second-order valence-corrected chi connectivity index (χ2v) is 9.82. The SMILES string of the molecule is CN(C)c1ccc(N2C(=O)/C(=C/c3cn(Cc4ccccc4)c4ccccc34)SC2=S)cc1. The monoisotopic (exact) mass is 469 g/mol. The lowest BCUT2D eigenvalue weighted by molar-refractivity contribution is -0.113. The van der Waals surface area contributed by atoms with Crippen LogP contribution in [0.2, 0.25) is 0 Å². The van der Waals surface area contributed by atoms with E-state index in [1.165, 1.54) is 17.3 Å². The lowest BCUT2D eigenvalue weighted by Gasteiger charge is -2.17. The number of para-hydroxylation sites is 1. The standard InChI is InChI=1S/C27H23N3OS2/c1-28(2)21-12-14-22(15-13-21)30-26(31)25(33-27(30)32)16-20-18-29(17-19-8-4-3-5-9-19)24-11-7-6-10-23(20)24/h3-16,18H,17H2,1-2H3/b25-16-. The topological polar surface area (TPSA) is 28.5 Å². The molecule has 5 rings (SSSR count). The fourth-order valence-corrected chi connectivity index (χ4v) is 5.32. The van der Waals surface area contributed by atoms with Gasteiger partial charge in [0.05, 0.1) is 10.6 Å². The fourth-order valence-electron chi connectivity index (χ4n) is 4.03. The summed E-state index contributed by atoms with van der Waals surface area (Å²) in [6, 6.07) is 26.6. The van der Waals surface area contributed by atoms with Crippen LogP contribution in [0.1, 0.15) is 11.1 Å². The smallest absolute Gasteiger partial charge is 0.270 e. The Kier molecular flexibility index (Phi) is 5.79. The number of thiocarbonyl (C=S) groups is 1. The second-order valence-electron chi connectivity index (χ2n) is 8.14. The van der Waals surface area contributed by atoms with Gasteiger partial charge in [0.25, 0.3) is 5.91 Å². The maximum absolute atomic E-state index is 13.3. The van der Waals surface area contributed by atoms with Crippen LogP contribution in [0.15, 0.2) is 90.0 Å². The predicted molar refractivity (Wildman–Crippen MR) is 144 cm³/mol. The molecule has 3 aromatic carbocycles. The molecule has 0 bridgehead atoms. The normalized spacial score (nSPS) is 15.1. The first-order valence-corrected chi connectivity index (χ1v) is 11.9. The number of fused-ring (bicyclic) bond motifs is 1. The predicted octanol–water partition coefficient (Wildman–Crippen LogP) is 6.16. The number of carbonyl (C=O) groups excluding carboxylic acids is 1. The van der Waals surface area contributed by atoms with E-state index in [2.05, 4.69) is 47.2 Å². The molecule has 1 amide bonds. The Hall–Kier alpha value is -3.35. The van der Waals surface area contributed by atoms with Crippen LogP contribution in [-0.4, -0.2) is 28.9 Å². The molecule has 1 aromatic heterocycles. The molecule has 0 unspecified atom stereocenters. The van der Waals surface area contributed by atoms with Crippen LogP contribution >= 0.6 is 24.0 Å². The number of aromatic nitrogens is 1. The summed E-state index contributed by atoms with van der Waals surface area (Å²) in [7, 11) is 3.98. The van der Waals surface area contributed by atoms with Gasteiger partial charge in [-0.3, -0.25) is 9.69 Å². The van der Waals surface area contributed by atoms with Gasteiger partial charge >= 0.3 is 0 Å². The zero-order valence-corrected chi connectivity index (χ0v) is 20.1. The third-order valence-electron chi connectivity index (χ3n) is 5.72. The van der Waals surface area contributed by atoms with Crippen molar-refractivity contribution in [3.63, 3.8) is 0 Å². The van der Waals surface area contributed by atoms with E-state index in [1.54, 1.807) is 4.90 Å². The number of carbonyl (C=O) groups is 1. The average Bonchev–Trinajstić information content (AvgIpc) is 3.31. The first-order valence-electron chi connectivity index (χ1n) is 10.7. The van der Waals surface area contributed by atoms with Crippen molar-refractivity contribution in [2.24, 2.45) is 0 Å². The highest BCUT2D eigenvalue weighted by Crippen LogP contribution is 2.37. The quantitative estimate of drug-likeness (QED) is 0.258. The average molecular weight is 470 g/mol. The summed E-state index contributed by atoms with van der Waals surface area (Å²) in [6.45, 7) is 0.772. The Morgan fingerprint density at radius 2 is 1.64 bits per heavy atom. The second kappa shape index (κ2) is 8.89. The minimum absolute atomic E-state index is 0.0810. The van der Waals surface area contributed by atoms with Crippen LogP contribution in [0.4, 0.5) is 11.4 Å². The number of hydrogen-bond acceptors (Lipinski definition) is 4. The number of anilines is 2. The number of hydrogen-bond donors (Lipinski definition) is 0. The molecular formula is C27H23N3OS2. The Bertz CT molecular complexity index is 1370. The molecule has 1 saturated heterocycles. The van der Waals surface area contributed by atoms with Crippen LogP contribution in [0.3, 0.4) is 0 Å². The van der Waals surface area contributed by atoms with Gasteiger partial charge in [-0.1, -0.05) is 72.5 Å². The van der Waals surface area contributed by atoms with E-state index in [9.17, 15) is 4.79 Å². The van der Waals surface area contributed by atoms with Crippen LogP contribution < -0.4 is 9.80 Å². The number of rotatable bonds is 5. The number of amides is 1. The van der Waals surface area contributed by atoms with Crippen LogP contribution in [0.25, 0.3) is 17.0 Å². The summed E-state index contributed by atoms with van der Waals surface area (Å²) in [6.07, 6.45) is 4.09. The summed E-state index contributed by atoms with van der Waals surface area (Å²) in [4.78, 5) is 17.6. The molecule has 0 aliphatic carbocycles. The minimum atomic E-state index is -0.0810. The molecule has 0 spiro atoms. The highest BCUT2D eigenvalue weighted by atomic mass is 32.2. The molecule has 0 atom stereocenters. The van der Waals surface area contributed by atoms with Gasteiger partial charge in [0.1, 0.15) is 0 Å². The van der Waals surface area contributed by atoms with Gasteiger partial charge in [-0.25, -0.2) is 0 Å². The van der Waals surface area contributed by atoms with Crippen molar-refractivity contribution in [1.29, 1.82) is 0 Å². The molecule has 164 valence electrons. The molecule has 4 nitrogen and oxygen atoms in total. The Morgan fingerprint density at radius 3 is 2.36 bits per heavy atom. The third kappa shape index (κ3) is 4.19. The molecule has 2 heterocycles. The Balaban J connectivity index is 1.48. The molecule has 6 heteroatoms. The highest BCUT2D eigenvalue weighted by Gasteiger charge is 2.33. The van der Waals surface area contributed by atoms with Crippen molar-refractivity contribution in [3.05, 3.63) is 101 Å². The Morgan fingerprint density at radius 1 is 0.939 bits per heavy atom. The summed E-state index contributed by atoms with van der Waals surface area (Å²) >= 11 is 6.93. The van der Waals surface area contributed by atoms with Crippen molar-refractivity contribution in [1.82, 2.24) is 4.57 Å². The zero-order valence-electron chi connectivity index (χ0n) is 18.4. The van der Waals surface area contributed by atoms with E-state index in [0.29, 0.717) is 9.23 Å². The summed E-state index contributed by atoms with van der Waals surface area (Å²) in [5.74, 6) is -0.0810. The van der Waals surface area contributed by atoms with Gasteiger partial charge in [-0.15, -0.1) is 0 Å². The maximum atomic E-state index is 13.3. The van der Waals surface area contributed by atoms with Crippen LogP contribution in [0, 0.1) is 0 Å². The zero-order chi connectivity index (χ0) is 22.9. The van der Waals surface area contributed by atoms with E-state index >= 15 is 0 Å². The fraction of sp³-hybridized carbons (Fsp3) is 0.111. The van der Waals surface area contributed by atoms with Gasteiger partial charge in [0, 0.05) is 49.0 Å². The van der Waals surface area contributed by atoms with Gasteiger partial charge in [0.2, 0.25) is 0 Å². The van der Waals surface area contributed by atoms with Crippen molar-refractivity contribution < 1.29 is 4.79 Å². The van der Waals surface area contributed by atoms with Crippen molar-refractivity contribution in [2.75, 3.05) is 23.9 Å². The largest absolute Gasteiger partial charge is 0.378 e. The van der Waals surface area contributed by atoms with Gasteiger partial charge in [0.15, 0.2) is 4.32 Å². The molecule has 4 aromatic rings. The minimum Gasteiger partial charge on any atom is -0.378 e. The summed E-state index contributed by atoms with van der Waals surface area (Å²) in [5, 5.41) is 1.12. The van der Waals surface area contributed by atoms with E-state index in [1.807, 2.05) is 67.5 Å². The van der Waals surface area contributed by atoms with Crippen LogP contribution in [0.5, 0.6) is 0 Å². The number of thioether (sulfide) groups is 1. The number of benzene rings is 3. The van der Waals surface area contributed by atoms with Gasteiger partial charge < -0.3 is 9.47 Å². The van der Waals surface area contributed by atoms with E-state index in [4.69, 9.17) is 12.2 Å². The molecule has 0 N–H and O–H groups in total. The maximum Gasteiger partial charge on any atom is 0.270 e. The van der Waals surface area contributed by atoms with E-state index in [0.717, 1.165) is 34.4 Å². The van der Waals surface area contributed by atoms with E-state index in [-0.39, 0.29) is 5.91 Å². The van der Waals surface area contributed by atoms with Gasteiger partial charge in [-0.05, 0) is 42.0 Å². The molecule has 1 aliphatic heterocycles. The lowest BCUT2D eigenvalue weighted by Crippen LogP contribution is -2.27. The van der Waals surface area contributed by atoms with Crippen LogP contribution in [-0.2, 0) is 11.3 Å². The molecule has 1 aliphatic rings. The lowest BCUT2D eigenvalue weighted by atomic mass is 10.1. The summed E-state index contributed by atoms with van der Waals surface area (Å²) < 4.78 is 2.79. The molecule has 1 fully saturated rings. The van der Waals surface area contributed by atoms with Crippen molar-refractivity contribution >= 4 is 62.6 Å². The molecule has 0 radical (unpaired) electrons. The highest BCUT2D eigenvalue weighted by molar-refractivity contribution is 8.27. The molecular weight excluding hydrogens is 446 g/mol. The van der Waals surface area contributed by atoms with Crippen molar-refractivity contribution in [2.45, 2.75) is 6.54 Å². The van der Waals surface area contributed by atoms with E-state index < -0.39 is 0 Å². The van der Waals surface area contributed by atoms with Gasteiger partial charge in [-0.2, -0.15) is 0 Å². The first kappa shape index (κ1) is 21.5. The summed E-state index contributed by atoms with van der Waals surface area (Å²) in [5.41, 5.74) is 5.26. The third-order valence-corrected chi connectivity index (χ3v) is 7.02. The first-order chi connectivity index (χ1) is 16.0. The number of nitrogens with zero attached hydrogens (tertiary/aromatic N) is 3. The molecule has 0 saturated carbocycles.